The van der Waals surface area contributed by atoms with E-state index in [9.17, 15) is 15.0 Å². The first kappa shape index (κ1) is 20.1. The zero-order chi connectivity index (χ0) is 18.5. The number of hydrogen-bond donors (Lipinski definition) is 3. The monoisotopic (exact) mass is 365 g/mol. The molecular weight excluding hydrogens is 342 g/mol. The van der Waals surface area contributed by atoms with Gasteiger partial charge in [-0.05, 0) is 58.5 Å². The fourth-order valence-corrected chi connectivity index (χ4v) is 3.01. The summed E-state index contributed by atoms with van der Waals surface area (Å²) in [5.41, 5.74) is 5.03. The molecule has 140 valence electrons. The van der Waals surface area contributed by atoms with Gasteiger partial charge in [-0.15, -0.1) is 0 Å². The van der Waals surface area contributed by atoms with Crippen LogP contribution in [0.2, 0.25) is 0 Å². The number of aryl methyl sites for hydroxylation is 1. The van der Waals surface area contributed by atoms with Crippen LogP contribution in [0.3, 0.4) is 0 Å². The van der Waals surface area contributed by atoms with Gasteiger partial charge in [0.2, 0.25) is 0 Å². The van der Waals surface area contributed by atoms with E-state index in [2.05, 4.69) is 4.98 Å². The number of phenolic OH excluding ortho intramolecular Hbond substituents is 1. The van der Waals surface area contributed by atoms with E-state index in [0.717, 1.165) is 33.4 Å². The van der Waals surface area contributed by atoms with Crippen molar-refractivity contribution in [2.75, 3.05) is 0 Å². The summed E-state index contributed by atoms with van der Waals surface area (Å²) in [5, 5.41) is 28.5. The molecule has 3 rings (SSSR count). The highest BCUT2D eigenvalue weighted by Gasteiger charge is 2.12. The van der Waals surface area contributed by atoms with Crippen LogP contribution < -0.4 is 0 Å². The number of carbonyl (C=O) groups is 1. The maximum atomic E-state index is 10.9. The number of carboxylic acid groups (broad SMARTS) is 1. The minimum atomic E-state index is -0.887. The lowest BCUT2D eigenvalue weighted by molar-refractivity contribution is -0.136. The quantitative estimate of drug-likeness (QED) is 0.607. The number of hydrogen-bond acceptors (Lipinski definition) is 4. The van der Waals surface area contributed by atoms with Gasteiger partial charge in [0.15, 0.2) is 0 Å². The third kappa shape index (κ3) is 4.71. The Morgan fingerprint density at radius 2 is 1.70 bits per heavy atom. The normalized spacial score (nSPS) is 10.3. The standard InChI is InChI=1S/C21H19NO4.CH4/c23-13-17-10-14(3-6-20(17)16-2-1-9-22-12-16)19-7-5-18(24)11-15(19)4-8-21(25)26;/h1-3,5-7,9-12,23-24H,4,8,13H2,(H,25,26);1H4. The summed E-state index contributed by atoms with van der Waals surface area (Å²) >= 11 is 0. The van der Waals surface area contributed by atoms with Gasteiger partial charge < -0.3 is 15.3 Å². The number of carboxylic acids is 1. The van der Waals surface area contributed by atoms with Crippen LogP contribution in [0.25, 0.3) is 22.3 Å². The summed E-state index contributed by atoms with van der Waals surface area (Å²) in [7, 11) is 0. The van der Waals surface area contributed by atoms with Crippen LogP contribution in [0.5, 0.6) is 5.75 Å². The maximum Gasteiger partial charge on any atom is 0.303 e. The van der Waals surface area contributed by atoms with Gasteiger partial charge in [0, 0.05) is 24.4 Å². The van der Waals surface area contributed by atoms with Crippen molar-refractivity contribution in [2.24, 2.45) is 0 Å². The zero-order valence-corrected chi connectivity index (χ0v) is 14.1. The number of aliphatic hydroxyl groups excluding tert-OH is 1. The van der Waals surface area contributed by atoms with Gasteiger partial charge in [-0.25, -0.2) is 0 Å². The Morgan fingerprint density at radius 3 is 2.37 bits per heavy atom. The Balaban J connectivity index is 0.00000261. The average molecular weight is 365 g/mol. The number of rotatable bonds is 6. The highest BCUT2D eigenvalue weighted by molar-refractivity contribution is 5.76. The molecule has 0 saturated carbocycles. The first-order valence-electron chi connectivity index (χ1n) is 8.26. The molecule has 5 heteroatoms. The second-order valence-corrected chi connectivity index (χ2v) is 6.01. The highest BCUT2D eigenvalue weighted by atomic mass is 16.4. The predicted octanol–water partition coefficient (Wildman–Crippen LogP) is 4.27. The molecule has 0 amide bonds. The summed E-state index contributed by atoms with van der Waals surface area (Å²) in [6.07, 6.45) is 3.74. The highest BCUT2D eigenvalue weighted by Crippen LogP contribution is 2.32. The van der Waals surface area contributed by atoms with Crippen molar-refractivity contribution >= 4 is 5.97 Å². The first-order valence-corrected chi connectivity index (χ1v) is 8.26. The fraction of sp³-hybridized carbons (Fsp3) is 0.182. The van der Waals surface area contributed by atoms with Crippen LogP contribution in [0.15, 0.2) is 60.9 Å². The van der Waals surface area contributed by atoms with E-state index < -0.39 is 5.97 Å². The number of aliphatic carboxylic acids is 1. The molecule has 0 radical (unpaired) electrons. The molecule has 0 aliphatic rings. The molecule has 1 heterocycles. The summed E-state index contributed by atoms with van der Waals surface area (Å²) in [4.78, 5) is 15.0. The number of aromatic nitrogens is 1. The third-order valence-electron chi connectivity index (χ3n) is 4.26. The molecular formula is C22H23NO4. The van der Waals surface area contributed by atoms with E-state index in [4.69, 9.17) is 5.11 Å². The fourth-order valence-electron chi connectivity index (χ4n) is 3.01. The molecule has 5 nitrogen and oxygen atoms in total. The number of aliphatic hydroxyl groups is 1. The predicted molar refractivity (Wildman–Crippen MR) is 105 cm³/mol. The summed E-state index contributed by atoms with van der Waals surface area (Å²) in [6, 6.07) is 14.4. The molecule has 0 aliphatic heterocycles. The summed E-state index contributed by atoms with van der Waals surface area (Å²) in [5.74, 6) is -0.786. The van der Waals surface area contributed by atoms with Crippen molar-refractivity contribution in [3.05, 3.63) is 72.1 Å². The van der Waals surface area contributed by atoms with E-state index in [-0.39, 0.29) is 26.2 Å². The summed E-state index contributed by atoms with van der Waals surface area (Å²) in [6.45, 7) is -0.124. The lowest BCUT2D eigenvalue weighted by atomic mass is 9.92. The molecule has 0 aliphatic carbocycles. The molecule has 0 atom stereocenters. The molecule has 27 heavy (non-hydrogen) atoms. The number of benzene rings is 2. The van der Waals surface area contributed by atoms with E-state index in [0.29, 0.717) is 6.42 Å². The van der Waals surface area contributed by atoms with Crippen molar-refractivity contribution in [3.63, 3.8) is 0 Å². The van der Waals surface area contributed by atoms with Crippen molar-refractivity contribution in [2.45, 2.75) is 26.9 Å². The topological polar surface area (TPSA) is 90.7 Å². The molecule has 3 N–H and O–H groups in total. The molecule has 3 aromatic rings. The minimum absolute atomic E-state index is 0. The Bertz CT molecular complexity index is 923. The van der Waals surface area contributed by atoms with Crippen LogP contribution in [0, 0.1) is 0 Å². The Kier molecular flexibility index (Phi) is 6.68. The van der Waals surface area contributed by atoms with Gasteiger partial charge in [0.1, 0.15) is 5.75 Å². The van der Waals surface area contributed by atoms with E-state index in [1.54, 1.807) is 30.6 Å². The maximum absolute atomic E-state index is 10.9. The van der Waals surface area contributed by atoms with Gasteiger partial charge in [0.05, 0.1) is 6.61 Å². The largest absolute Gasteiger partial charge is 0.508 e. The first-order chi connectivity index (χ1) is 12.6. The second kappa shape index (κ2) is 8.96. The van der Waals surface area contributed by atoms with Crippen molar-refractivity contribution in [3.8, 4) is 28.0 Å². The molecule has 0 bridgehead atoms. The van der Waals surface area contributed by atoms with Crippen molar-refractivity contribution in [1.29, 1.82) is 0 Å². The number of nitrogens with zero attached hydrogens (tertiary/aromatic N) is 1. The Labute approximate surface area is 158 Å². The number of phenols is 1. The third-order valence-corrected chi connectivity index (χ3v) is 4.26. The van der Waals surface area contributed by atoms with Gasteiger partial charge in [-0.1, -0.05) is 31.7 Å². The van der Waals surface area contributed by atoms with E-state index in [1.807, 2.05) is 30.3 Å². The van der Waals surface area contributed by atoms with Crippen LogP contribution >= 0.6 is 0 Å². The van der Waals surface area contributed by atoms with Crippen LogP contribution in [-0.4, -0.2) is 26.3 Å². The summed E-state index contributed by atoms with van der Waals surface area (Å²) < 4.78 is 0. The van der Waals surface area contributed by atoms with Gasteiger partial charge >= 0.3 is 5.97 Å². The van der Waals surface area contributed by atoms with Crippen molar-refractivity contribution in [1.82, 2.24) is 4.98 Å². The van der Waals surface area contributed by atoms with Gasteiger partial charge in [-0.2, -0.15) is 0 Å². The van der Waals surface area contributed by atoms with Crippen LogP contribution in [0.4, 0.5) is 0 Å². The molecule has 0 spiro atoms. The smallest absolute Gasteiger partial charge is 0.303 e. The number of pyridine rings is 1. The van der Waals surface area contributed by atoms with E-state index in [1.165, 1.54) is 0 Å². The van der Waals surface area contributed by atoms with Crippen LogP contribution in [-0.2, 0) is 17.8 Å². The Morgan fingerprint density at radius 1 is 0.963 bits per heavy atom. The second-order valence-electron chi connectivity index (χ2n) is 6.01. The lowest BCUT2D eigenvalue weighted by Crippen LogP contribution is -1.99. The molecule has 1 aromatic heterocycles. The van der Waals surface area contributed by atoms with Crippen molar-refractivity contribution < 1.29 is 20.1 Å². The molecule has 0 saturated heterocycles. The average Bonchev–Trinajstić information content (AvgIpc) is 2.66. The molecule has 0 unspecified atom stereocenters. The molecule has 2 aromatic carbocycles. The molecule has 0 fully saturated rings. The van der Waals surface area contributed by atoms with Gasteiger partial charge in [0.25, 0.3) is 0 Å². The Hall–Kier alpha value is -3.18. The zero-order valence-electron chi connectivity index (χ0n) is 14.1. The lowest BCUT2D eigenvalue weighted by Gasteiger charge is -2.13. The minimum Gasteiger partial charge on any atom is -0.508 e. The SMILES string of the molecule is C.O=C(O)CCc1cc(O)ccc1-c1ccc(-c2cccnc2)c(CO)c1. The van der Waals surface area contributed by atoms with Gasteiger partial charge in [-0.3, -0.25) is 9.78 Å². The van der Waals surface area contributed by atoms with Crippen LogP contribution in [0.1, 0.15) is 25.0 Å². The number of aromatic hydroxyl groups is 1. The van der Waals surface area contributed by atoms with E-state index >= 15 is 0 Å².